The zero-order chi connectivity index (χ0) is 18.7. The van der Waals surface area contributed by atoms with Crippen LogP contribution in [0.25, 0.3) is 6.08 Å². The zero-order valence-corrected chi connectivity index (χ0v) is 17.2. The number of halogens is 1. The number of benzene rings is 2. The summed E-state index contributed by atoms with van der Waals surface area (Å²) < 4.78 is 0. The summed E-state index contributed by atoms with van der Waals surface area (Å²) in [6.45, 7) is 2.38. The van der Waals surface area contributed by atoms with Crippen molar-refractivity contribution in [2.45, 2.75) is 44.2 Å². The molecule has 3 rings (SSSR count). The third-order valence-corrected chi connectivity index (χ3v) is 5.70. The number of nitrogens with zero attached hydrogens (tertiary/aromatic N) is 1. The smallest absolute Gasteiger partial charge is 0.115 e. The lowest BCUT2D eigenvalue weighted by Gasteiger charge is -2.46. The molecule has 0 spiro atoms. The molecule has 2 N–H and O–H groups in total. The highest BCUT2D eigenvalue weighted by Crippen LogP contribution is 2.44. The Morgan fingerprint density at radius 3 is 2.56 bits per heavy atom. The van der Waals surface area contributed by atoms with E-state index in [9.17, 15) is 10.2 Å². The minimum Gasteiger partial charge on any atom is -0.508 e. The van der Waals surface area contributed by atoms with Crippen LogP contribution in [0.4, 0.5) is 0 Å². The number of rotatable bonds is 4. The van der Waals surface area contributed by atoms with E-state index in [0.29, 0.717) is 11.8 Å². The van der Waals surface area contributed by atoms with Gasteiger partial charge in [-0.15, -0.1) is 12.4 Å². The Kier molecular flexibility index (Phi) is 7.10. The Hall–Kier alpha value is -1.81. The largest absolute Gasteiger partial charge is 0.508 e. The highest BCUT2D eigenvalue weighted by molar-refractivity contribution is 5.85. The molecular formula is C23H30ClNO2. The maximum atomic E-state index is 9.99. The first-order valence-corrected chi connectivity index (χ1v) is 9.27. The van der Waals surface area contributed by atoms with Gasteiger partial charge in [-0.25, -0.2) is 0 Å². The minimum atomic E-state index is -0.0547. The Balaban J connectivity index is 0.00000261. The van der Waals surface area contributed by atoms with E-state index >= 15 is 0 Å². The summed E-state index contributed by atoms with van der Waals surface area (Å²) in [4.78, 5) is 2.31. The summed E-state index contributed by atoms with van der Waals surface area (Å²) in [6, 6.07) is 16.2. The van der Waals surface area contributed by atoms with Gasteiger partial charge < -0.3 is 15.1 Å². The molecule has 2 atom stereocenters. The van der Waals surface area contributed by atoms with Crippen molar-refractivity contribution in [2.75, 3.05) is 14.1 Å². The summed E-state index contributed by atoms with van der Waals surface area (Å²) in [6.07, 6.45) is 5.39. The zero-order valence-electron chi connectivity index (χ0n) is 16.4. The van der Waals surface area contributed by atoms with E-state index in [4.69, 9.17) is 0 Å². The lowest BCUT2D eigenvalue weighted by Crippen LogP contribution is -2.48. The quantitative estimate of drug-likeness (QED) is 0.794. The molecule has 0 radical (unpaired) electrons. The van der Waals surface area contributed by atoms with Crippen molar-refractivity contribution in [3.8, 4) is 5.75 Å². The van der Waals surface area contributed by atoms with Gasteiger partial charge in [-0.05, 0) is 68.2 Å². The van der Waals surface area contributed by atoms with Crippen LogP contribution in [-0.2, 0) is 12.0 Å². The third-order valence-electron chi connectivity index (χ3n) is 5.70. The fourth-order valence-electron chi connectivity index (χ4n) is 4.44. The van der Waals surface area contributed by atoms with E-state index in [0.717, 1.165) is 30.4 Å². The van der Waals surface area contributed by atoms with Crippen LogP contribution >= 0.6 is 12.4 Å². The molecule has 1 saturated carbocycles. The van der Waals surface area contributed by atoms with E-state index in [-0.39, 0.29) is 24.4 Å². The van der Waals surface area contributed by atoms with Crippen molar-refractivity contribution in [3.63, 3.8) is 0 Å². The first kappa shape index (κ1) is 21.5. The maximum absolute atomic E-state index is 9.99. The fourth-order valence-corrected chi connectivity index (χ4v) is 4.44. The van der Waals surface area contributed by atoms with E-state index in [1.54, 1.807) is 6.07 Å². The van der Waals surface area contributed by atoms with Crippen LogP contribution < -0.4 is 0 Å². The lowest BCUT2D eigenvalue weighted by atomic mass is 9.65. The van der Waals surface area contributed by atoms with Crippen molar-refractivity contribution in [2.24, 2.45) is 0 Å². The number of aliphatic hydroxyl groups is 1. The number of likely N-dealkylation sites (N-methyl/N-ethyl adjacent to an activating group) is 1. The van der Waals surface area contributed by atoms with Crippen LogP contribution in [0.15, 0.2) is 54.1 Å². The van der Waals surface area contributed by atoms with E-state index in [1.807, 2.05) is 24.3 Å². The van der Waals surface area contributed by atoms with Crippen molar-refractivity contribution in [1.29, 1.82) is 0 Å². The molecule has 0 aromatic heterocycles. The Morgan fingerprint density at radius 2 is 1.89 bits per heavy atom. The molecule has 27 heavy (non-hydrogen) atoms. The summed E-state index contributed by atoms with van der Waals surface area (Å²) in [5, 5.41) is 19.4. The molecule has 0 saturated heterocycles. The van der Waals surface area contributed by atoms with Gasteiger partial charge in [0.05, 0.1) is 6.61 Å². The van der Waals surface area contributed by atoms with Crippen LogP contribution in [0.1, 0.15) is 42.9 Å². The topological polar surface area (TPSA) is 43.7 Å². The maximum Gasteiger partial charge on any atom is 0.115 e. The molecule has 3 nitrogen and oxygen atoms in total. The summed E-state index contributed by atoms with van der Waals surface area (Å²) in [5.41, 5.74) is 4.64. The van der Waals surface area contributed by atoms with E-state index in [2.05, 4.69) is 50.2 Å². The normalized spacial score (nSPS) is 24.0. The minimum absolute atomic E-state index is 0. The molecule has 1 fully saturated rings. The van der Waals surface area contributed by atoms with Gasteiger partial charge in [0.15, 0.2) is 0 Å². The van der Waals surface area contributed by atoms with Crippen LogP contribution in [0, 0.1) is 0 Å². The second kappa shape index (κ2) is 8.92. The first-order valence-electron chi connectivity index (χ1n) is 9.27. The number of aromatic hydroxyl groups is 1. The molecule has 146 valence electrons. The standard InChI is InChI=1S/C23H29NO2.ClH/c1-23(20-8-5-9-21(26)14-20)15-18(10-11-22(23)24(2)3)12-17-6-4-7-19(13-17)16-25;/h4-9,12-14,22,25-26H,10-11,15-16H2,1-3H3;1H. The van der Waals surface area contributed by atoms with Gasteiger partial charge in [0.25, 0.3) is 0 Å². The summed E-state index contributed by atoms with van der Waals surface area (Å²) in [7, 11) is 4.29. The number of aliphatic hydroxyl groups excluding tert-OH is 1. The summed E-state index contributed by atoms with van der Waals surface area (Å²) >= 11 is 0. The molecule has 0 amide bonds. The average Bonchev–Trinajstić information content (AvgIpc) is 2.61. The Morgan fingerprint density at radius 1 is 1.15 bits per heavy atom. The first-order chi connectivity index (χ1) is 12.4. The molecule has 4 heteroatoms. The number of hydrogen-bond acceptors (Lipinski definition) is 3. The number of phenolic OH excluding ortho intramolecular Hbond substituents is 1. The second-order valence-corrected chi connectivity index (χ2v) is 7.87. The monoisotopic (exact) mass is 387 g/mol. The molecule has 1 aliphatic rings. The van der Waals surface area contributed by atoms with E-state index in [1.165, 1.54) is 11.1 Å². The number of phenols is 1. The molecule has 2 unspecified atom stereocenters. The molecule has 0 heterocycles. The molecule has 0 bridgehead atoms. The van der Waals surface area contributed by atoms with Crippen molar-refractivity contribution in [3.05, 3.63) is 70.8 Å². The van der Waals surface area contributed by atoms with Crippen molar-refractivity contribution in [1.82, 2.24) is 4.90 Å². The number of hydrogen-bond donors (Lipinski definition) is 2. The lowest BCUT2D eigenvalue weighted by molar-refractivity contribution is 0.155. The SMILES string of the molecule is CN(C)C1CCC(=Cc2cccc(CO)c2)CC1(C)c1cccc(O)c1.Cl. The number of allylic oxidation sites excluding steroid dienone is 1. The predicted octanol–water partition coefficient (Wildman–Crippen LogP) is 4.76. The van der Waals surface area contributed by atoms with Gasteiger partial charge in [0, 0.05) is 11.5 Å². The second-order valence-electron chi connectivity index (χ2n) is 7.87. The Labute approximate surface area is 168 Å². The average molecular weight is 388 g/mol. The molecule has 0 aliphatic heterocycles. The molecule has 1 aliphatic carbocycles. The molecular weight excluding hydrogens is 358 g/mol. The van der Waals surface area contributed by atoms with Crippen molar-refractivity contribution < 1.29 is 10.2 Å². The fraction of sp³-hybridized carbons (Fsp3) is 0.391. The van der Waals surface area contributed by atoms with Gasteiger partial charge in [0.2, 0.25) is 0 Å². The van der Waals surface area contributed by atoms with Gasteiger partial charge in [0.1, 0.15) is 5.75 Å². The van der Waals surface area contributed by atoms with E-state index < -0.39 is 0 Å². The van der Waals surface area contributed by atoms with Gasteiger partial charge >= 0.3 is 0 Å². The van der Waals surface area contributed by atoms with Gasteiger partial charge in [-0.1, -0.05) is 48.9 Å². The van der Waals surface area contributed by atoms with Gasteiger partial charge in [-0.2, -0.15) is 0 Å². The Bertz CT molecular complexity index is 802. The van der Waals surface area contributed by atoms with Gasteiger partial charge in [-0.3, -0.25) is 0 Å². The third kappa shape index (κ3) is 4.73. The van der Waals surface area contributed by atoms with Crippen LogP contribution in [0.2, 0.25) is 0 Å². The van der Waals surface area contributed by atoms with Crippen LogP contribution in [0.5, 0.6) is 5.75 Å². The molecule has 2 aromatic rings. The highest BCUT2D eigenvalue weighted by Gasteiger charge is 2.41. The highest BCUT2D eigenvalue weighted by atomic mass is 35.5. The predicted molar refractivity (Wildman–Crippen MR) is 114 cm³/mol. The van der Waals surface area contributed by atoms with Crippen molar-refractivity contribution >= 4 is 18.5 Å². The summed E-state index contributed by atoms with van der Waals surface area (Å²) in [5.74, 6) is 0.327. The molecule has 2 aromatic carbocycles. The van der Waals surface area contributed by atoms with Crippen LogP contribution in [-0.4, -0.2) is 35.3 Å². The van der Waals surface area contributed by atoms with Crippen LogP contribution in [0.3, 0.4) is 0 Å².